The summed E-state index contributed by atoms with van der Waals surface area (Å²) in [5.41, 5.74) is 0.290. The van der Waals surface area contributed by atoms with Crippen LogP contribution in [0.15, 0.2) is 63.2 Å². The van der Waals surface area contributed by atoms with Crippen LogP contribution in [0.1, 0.15) is 5.56 Å². The monoisotopic (exact) mass is 507 g/mol. The summed E-state index contributed by atoms with van der Waals surface area (Å²) in [5, 5.41) is 9.58. The molecule has 10 N–H and O–H groups in total. The van der Waals surface area contributed by atoms with Gasteiger partial charge in [0, 0.05) is 5.39 Å². The van der Waals surface area contributed by atoms with Gasteiger partial charge in [0.1, 0.15) is 26.0 Å². The van der Waals surface area contributed by atoms with Crippen LogP contribution in [-0.4, -0.2) is 39.5 Å². The topological polar surface area (TPSA) is 254 Å². The Bertz CT molecular complexity index is 1480. The Morgan fingerprint density at radius 1 is 0.750 bits per heavy atom. The Morgan fingerprint density at radius 3 is 1.69 bits per heavy atom. The molecule has 0 heterocycles. The van der Waals surface area contributed by atoms with E-state index < -0.39 is 51.5 Å². The number of hydrogen-bond acceptors (Lipinski definition) is 9. The second-order valence-electron chi connectivity index (χ2n) is 6.34. The molecule has 0 spiro atoms. The molecule has 12 nitrogen and oxygen atoms in total. The van der Waals surface area contributed by atoms with Crippen LogP contribution in [0, 0.1) is 6.92 Å². The SMILES string of the molecule is Cc1ccc(S(=O)(=O)Nc2cc(S(=O)(=O)[O-])cc3cc(S(=O)(=O)[O-])cc(O)c23)cc1.[NH4+].[NH4+]. The molecule has 0 radical (unpaired) electrons. The number of anilines is 1. The number of nitrogens with one attached hydrogen (secondary N) is 1. The van der Waals surface area contributed by atoms with E-state index in [4.69, 9.17) is 0 Å². The van der Waals surface area contributed by atoms with E-state index in [0.717, 1.165) is 17.7 Å². The molecule has 0 amide bonds. The van der Waals surface area contributed by atoms with E-state index in [0.29, 0.717) is 12.1 Å². The fourth-order valence-corrected chi connectivity index (χ4v) is 4.85. The van der Waals surface area contributed by atoms with E-state index in [2.05, 4.69) is 4.72 Å². The zero-order valence-electron chi connectivity index (χ0n) is 17.1. The van der Waals surface area contributed by atoms with Gasteiger partial charge in [-0.2, -0.15) is 0 Å². The Labute approximate surface area is 184 Å². The maximum absolute atomic E-state index is 12.7. The molecular formula is C17H21N3O9S3. The van der Waals surface area contributed by atoms with E-state index in [-0.39, 0.29) is 28.0 Å². The Kier molecular flexibility index (Phi) is 7.65. The van der Waals surface area contributed by atoms with Gasteiger partial charge >= 0.3 is 0 Å². The lowest BCUT2D eigenvalue weighted by atomic mass is 10.1. The van der Waals surface area contributed by atoms with E-state index in [1.807, 2.05) is 0 Å². The summed E-state index contributed by atoms with van der Waals surface area (Å²) in [6.45, 7) is 1.74. The van der Waals surface area contributed by atoms with Gasteiger partial charge in [0.25, 0.3) is 10.0 Å². The molecule has 3 rings (SSSR count). The number of rotatable bonds is 5. The number of sulfonamides is 1. The van der Waals surface area contributed by atoms with Gasteiger partial charge in [-0.1, -0.05) is 17.7 Å². The first-order valence-electron chi connectivity index (χ1n) is 8.00. The first-order valence-corrected chi connectivity index (χ1v) is 12.3. The second-order valence-corrected chi connectivity index (χ2v) is 10.8. The van der Waals surface area contributed by atoms with E-state index >= 15 is 0 Å². The molecule has 0 atom stereocenters. The molecule has 176 valence electrons. The van der Waals surface area contributed by atoms with Gasteiger partial charge in [0.05, 0.1) is 20.4 Å². The Hall–Kier alpha value is -2.79. The standard InChI is InChI=1S/C17H15NO9S3.2H3N/c1-10-2-4-12(5-3-10)28(20,21)18-15-8-13(29(22,23)24)6-11-7-14(30(25,26)27)9-16(19)17(11)15;;/h2-9,18-19H,1H3,(H,22,23,24)(H,25,26,27);2*1H3. The molecule has 0 aliphatic heterocycles. The van der Waals surface area contributed by atoms with Crippen molar-refractivity contribution in [2.45, 2.75) is 21.6 Å². The normalized spacial score (nSPS) is 12.0. The lowest BCUT2D eigenvalue weighted by Gasteiger charge is -2.17. The molecular weight excluding hydrogens is 486 g/mol. The Morgan fingerprint density at radius 2 is 1.22 bits per heavy atom. The predicted molar refractivity (Wildman–Crippen MR) is 115 cm³/mol. The lowest BCUT2D eigenvalue weighted by Crippen LogP contribution is -2.14. The minimum atomic E-state index is -5.10. The van der Waals surface area contributed by atoms with Crippen LogP contribution in [0.3, 0.4) is 0 Å². The van der Waals surface area contributed by atoms with Crippen molar-refractivity contribution in [3.8, 4) is 5.75 Å². The highest BCUT2D eigenvalue weighted by atomic mass is 32.2. The number of quaternary nitrogens is 2. The van der Waals surface area contributed by atoms with E-state index in [1.165, 1.54) is 24.3 Å². The highest BCUT2D eigenvalue weighted by Gasteiger charge is 2.20. The summed E-state index contributed by atoms with van der Waals surface area (Å²) < 4.78 is 95.8. The van der Waals surface area contributed by atoms with Crippen molar-refractivity contribution in [3.05, 3.63) is 54.1 Å². The third-order valence-electron chi connectivity index (χ3n) is 4.13. The molecule has 0 saturated carbocycles. The van der Waals surface area contributed by atoms with Crippen LogP contribution in [0.25, 0.3) is 10.8 Å². The number of phenols is 1. The van der Waals surface area contributed by atoms with E-state index in [9.17, 15) is 39.5 Å². The van der Waals surface area contributed by atoms with Gasteiger partial charge in [-0.05, 0) is 48.7 Å². The first-order chi connectivity index (χ1) is 13.7. The fraction of sp³-hybridized carbons (Fsp3) is 0.0588. The van der Waals surface area contributed by atoms with E-state index in [1.54, 1.807) is 6.92 Å². The number of aromatic hydroxyl groups is 1. The molecule has 0 saturated heterocycles. The molecule has 0 unspecified atom stereocenters. The summed E-state index contributed by atoms with van der Waals surface area (Å²) in [6, 6.07) is 8.38. The molecule has 0 aliphatic rings. The van der Waals surface area contributed by atoms with Crippen LogP contribution >= 0.6 is 0 Å². The van der Waals surface area contributed by atoms with Crippen molar-refractivity contribution < 1.29 is 39.5 Å². The largest absolute Gasteiger partial charge is 0.744 e. The summed E-state index contributed by atoms with van der Waals surface area (Å²) in [7, 11) is -14.4. The fourth-order valence-electron chi connectivity index (χ4n) is 2.73. The molecule has 0 aliphatic carbocycles. The number of benzene rings is 3. The molecule has 3 aromatic carbocycles. The van der Waals surface area contributed by atoms with Crippen molar-refractivity contribution in [1.29, 1.82) is 0 Å². The Balaban J connectivity index is 0.00000256. The maximum atomic E-state index is 12.7. The van der Waals surface area contributed by atoms with Crippen molar-refractivity contribution in [2.24, 2.45) is 0 Å². The van der Waals surface area contributed by atoms with Gasteiger partial charge in [0.15, 0.2) is 0 Å². The summed E-state index contributed by atoms with van der Waals surface area (Å²) in [4.78, 5) is -1.97. The van der Waals surface area contributed by atoms with Crippen LogP contribution < -0.4 is 17.0 Å². The van der Waals surface area contributed by atoms with Crippen molar-refractivity contribution in [1.82, 2.24) is 12.3 Å². The lowest BCUT2D eigenvalue weighted by molar-refractivity contribution is 0.458. The minimum absolute atomic E-state index is 0. The zero-order chi connectivity index (χ0) is 22.5. The summed E-state index contributed by atoms with van der Waals surface area (Å²) >= 11 is 0. The zero-order valence-corrected chi connectivity index (χ0v) is 19.5. The quantitative estimate of drug-likeness (QED) is 0.368. The highest BCUT2D eigenvalue weighted by Crippen LogP contribution is 2.37. The molecule has 3 aromatic rings. The third kappa shape index (κ3) is 5.52. The summed E-state index contributed by atoms with van der Waals surface area (Å²) in [6.07, 6.45) is 0. The van der Waals surface area contributed by atoms with Gasteiger partial charge in [0.2, 0.25) is 0 Å². The van der Waals surface area contributed by atoms with Gasteiger partial charge < -0.3 is 26.5 Å². The van der Waals surface area contributed by atoms with Crippen LogP contribution in [0.2, 0.25) is 0 Å². The van der Waals surface area contributed by atoms with Crippen LogP contribution in [0.4, 0.5) is 5.69 Å². The first kappa shape index (κ1) is 27.2. The number of aryl methyl sites for hydroxylation is 1. The highest BCUT2D eigenvalue weighted by molar-refractivity contribution is 7.92. The number of fused-ring (bicyclic) bond motifs is 1. The predicted octanol–water partition coefficient (Wildman–Crippen LogP) is 2.22. The second kappa shape index (κ2) is 8.99. The van der Waals surface area contributed by atoms with Crippen LogP contribution in [0.5, 0.6) is 5.75 Å². The van der Waals surface area contributed by atoms with Gasteiger partial charge in [-0.15, -0.1) is 0 Å². The van der Waals surface area contributed by atoms with Crippen molar-refractivity contribution in [2.75, 3.05) is 4.72 Å². The van der Waals surface area contributed by atoms with Crippen molar-refractivity contribution in [3.63, 3.8) is 0 Å². The number of hydrogen-bond donors (Lipinski definition) is 4. The molecule has 32 heavy (non-hydrogen) atoms. The number of phenolic OH excluding ortho intramolecular Hbond substituents is 1. The average Bonchev–Trinajstić information content (AvgIpc) is 2.59. The van der Waals surface area contributed by atoms with Gasteiger partial charge in [-0.25, -0.2) is 25.3 Å². The average molecular weight is 508 g/mol. The molecule has 0 fully saturated rings. The summed E-state index contributed by atoms with van der Waals surface area (Å²) in [5.74, 6) is -0.807. The van der Waals surface area contributed by atoms with Gasteiger partial charge in [-0.3, -0.25) is 4.72 Å². The smallest absolute Gasteiger partial charge is 0.261 e. The van der Waals surface area contributed by atoms with Crippen LogP contribution in [-0.2, 0) is 30.3 Å². The maximum Gasteiger partial charge on any atom is 0.261 e. The molecule has 0 aromatic heterocycles. The minimum Gasteiger partial charge on any atom is -0.744 e. The van der Waals surface area contributed by atoms with Crippen molar-refractivity contribution >= 4 is 46.7 Å². The molecule has 0 bridgehead atoms. The molecule has 15 heteroatoms. The third-order valence-corrected chi connectivity index (χ3v) is 7.14.